The second kappa shape index (κ2) is 6.37. The Morgan fingerprint density at radius 2 is 2.00 bits per heavy atom. The molecule has 0 aromatic heterocycles. The van der Waals surface area contributed by atoms with Crippen molar-refractivity contribution in [3.8, 4) is 0 Å². The molecule has 1 aromatic carbocycles. The number of carbonyl (C=O) groups is 1. The molecule has 0 spiro atoms. The number of alkyl halides is 1. The van der Waals surface area contributed by atoms with E-state index in [2.05, 4.69) is 28.9 Å². The van der Waals surface area contributed by atoms with Crippen LogP contribution >= 0.6 is 15.9 Å². The van der Waals surface area contributed by atoms with E-state index in [9.17, 15) is 4.79 Å². The van der Waals surface area contributed by atoms with E-state index in [0.717, 1.165) is 54.7 Å². The maximum absolute atomic E-state index is 12.5. The molecule has 0 N–H and O–H groups in total. The van der Waals surface area contributed by atoms with Gasteiger partial charge in [-0.3, -0.25) is 4.79 Å². The SMILES string of the molecule is CCc1ccccc1C(=O)N1CCC(CBr)CC1. The summed E-state index contributed by atoms with van der Waals surface area (Å²) in [5.74, 6) is 0.941. The first-order valence-corrected chi connectivity index (χ1v) is 7.81. The molecular weight excluding hydrogens is 290 g/mol. The quantitative estimate of drug-likeness (QED) is 0.783. The van der Waals surface area contributed by atoms with Crippen molar-refractivity contribution in [1.29, 1.82) is 0 Å². The predicted molar refractivity (Wildman–Crippen MR) is 78.2 cm³/mol. The number of likely N-dealkylation sites (tertiary alicyclic amines) is 1. The fourth-order valence-corrected chi connectivity index (χ4v) is 3.15. The number of hydrogen-bond acceptors (Lipinski definition) is 1. The molecule has 0 aliphatic carbocycles. The Morgan fingerprint density at radius 3 is 2.61 bits per heavy atom. The highest BCUT2D eigenvalue weighted by molar-refractivity contribution is 9.09. The number of nitrogens with zero attached hydrogens (tertiary/aromatic N) is 1. The van der Waals surface area contributed by atoms with Crippen LogP contribution in [-0.2, 0) is 6.42 Å². The number of halogens is 1. The summed E-state index contributed by atoms with van der Waals surface area (Å²) < 4.78 is 0. The van der Waals surface area contributed by atoms with Crippen molar-refractivity contribution in [2.45, 2.75) is 26.2 Å². The van der Waals surface area contributed by atoms with Gasteiger partial charge in [0.25, 0.3) is 5.91 Å². The smallest absolute Gasteiger partial charge is 0.254 e. The van der Waals surface area contributed by atoms with Crippen LogP contribution in [0.2, 0.25) is 0 Å². The number of piperidine rings is 1. The summed E-state index contributed by atoms with van der Waals surface area (Å²) in [4.78, 5) is 14.5. The van der Waals surface area contributed by atoms with Gasteiger partial charge in [0, 0.05) is 24.0 Å². The molecule has 1 heterocycles. The molecule has 3 heteroatoms. The van der Waals surface area contributed by atoms with Crippen LogP contribution in [0.4, 0.5) is 0 Å². The molecule has 0 atom stereocenters. The summed E-state index contributed by atoms with van der Waals surface area (Å²) >= 11 is 3.53. The lowest BCUT2D eigenvalue weighted by molar-refractivity contribution is 0.0698. The third-order valence-electron chi connectivity index (χ3n) is 3.75. The number of benzene rings is 1. The lowest BCUT2D eigenvalue weighted by atomic mass is 9.97. The first-order valence-electron chi connectivity index (χ1n) is 6.69. The normalized spacial score (nSPS) is 16.9. The van der Waals surface area contributed by atoms with Gasteiger partial charge in [0.05, 0.1) is 0 Å². The van der Waals surface area contributed by atoms with Gasteiger partial charge in [-0.15, -0.1) is 0 Å². The Morgan fingerprint density at radius 1 is 1.33 bits per heavy atom. The fraction of sp³-hybridized carbons (Fsp3) is 0.533. The molecule has 0 unspecified atom stereocenters. The molecule has 1 saturated heterocycles. The molecule has 0 bridgehead atoms. The van der Waals surface area contributed by atoms with E-state index < -0.39 is 0 Å². The first-order chi connectivity index (χ1) is 8.76. The Bertz CT molecular complexity index is 411. The molecular formula is C15H20BrNO. The highest BCUT2D eigenvalue weighted by Gasteiger charge is 2.23. The standard InChI is InChI=1S/C15H20BrNO/c1-2-13-5-3-4-6-14(13)15(18)17-9-7-12(11-16)8-10-17/h3-6,12H,2,7-11H2,1H3. The zero-order valence-electron chi connectivity index (χ0n) is 10.9. The van der Waals surface area contributed by atoms with Crippen LogP contribution in [0.5, 0.6) is 0 Å². The summed E-state index contributed by atoms with van der Waals surface area (Å²) in [5, 5.41) is 1.06. The van der Waals surface area contributed by atoms with Crippen molar-refractivity contribution < 1.29 is 4.79 Å². The zero-order valence-corrected chi connectivity index (χ0v) is 12.4. The molecule has 0 radical (unpaired) electrons. The van der Waals surface area contributed by atoms with Crippen molar-refractivity contribution in [3.05, 3.63) is 35.4 Å². The van der Waals surface area contributed by atoms with Gasteiger partial charge < -0.3 is 4.90 Å². The maximum Gasteiger partial charge on any atom is 0.254 e. The van der Waals surface area contributed by atoms with Crippen LogP contribution in [0.1, 0.15) is 35.7 Å². The molecule has 1 aromatic rings. The number of carbonyl (C=O) groups excluding carboxylic acids is 1. The number of aryl methyl sites for hydroxylation is 1. The lowest BCUT2D eigenvalue weighted by Crippen LogP contribution is -2.39. The van der Waals surface area contributed by atoms with Gasteiger partial charge in [-0.1, -0.05) is 41.1 Å². The minimum absolute atomic E-state index is 0.209. The summed E-state index contributed by atoms with van der Waals surface area (Å²) in [6.45, 7) is 3.89. The first kappa shape index (κ1) is 13.6. The Hall–Kier alpha value is -0.830. The van der Waals surface area contributed by atoms with Gasteiger partial charge in [-0.05, 0) is 36.8 Å². The predicted octanol–water partition coefficient (Wildman–Crippen LogP) is 3.50. The summed E-state index contributed by atoms with van der Waals surface area (Å²) in [7, 11) is 0. The van der Waals surface area contributed by atoms with E-state index in [1.165, 1.54) is 0 Å². The van der Waals surface area contributed by atoms with Gasteiger partial charge in [0.2, 0.25) is 0 Å². The molecule has 98 valence electrons. The Labute approximate surface area is 117 Å². The molecule has 1 fully saturated rings. The number of hydrogen-bond donors (Lipinski definition) is 0. The summed E-state index contributed by atoms with van der Waals surface area (Å²) in [6.07, 6.45) is 3.15. The van der Waals surface area contributed by atoms with E-state index in [1.54, 1.807) is 0 Å². The van der Waals surface area contributed by atoms with Crippen molar-refractivity contribution in [1.82, 2.24) is 4.90 Å². The van der Waals surface area contributed by atoms with E-state index in [0.29, 0.717) is 0 Å². The third kappa shape index (κ3) is 2.94. The molecule has 1 aliphatic heterocycles. The van der Waals surface area contributed by atoms with Crippen LogP contribution in [0, 0.1) is 5.92 Å². The van der Waals surface area contributed by atoms with Crippen molar-refractivity contribution in [3.63, 3.8) is 0 Å². The zero-order chi connectivity index (χ0) is 13.0. The molecule has 2 rings (SSSR count). The lowest BCUT2D eigenvalue weighted by Gasteiger charge is -2.31. The highest BCUT2D eigenvalue weighted by Crippen LogP contribution is 2.21. The molecule has 2 nitrogen and oxygen atoms in total. The second-order valence-electron chi connectivity index (χ2n) is 4.90. The van der Waals surface area contributed by atoms with E-state index >= 15 is 0 Å². The molecule has 1 aliphatic rings. The number of amides is 1. The van der Waals surface area contributed by atoms with Gasteiger partial charge in [0.1, 0.15) is 0 Å². The average molecular weight is 310 g/mol. The summed E-state index contributed by atoms with van der Waals surface area (Å²) in [5.41, 5.74) is 2.04. The Balaban J connectivity index is 2.08. The van der Waals surface area contributed by atoms with Crippen LogP contribution in [0.25, 0.3) is 0 Å². The Kier molecular flexibility index (Phi) is 4.81. The van der Waals surface area contributed by atoms with Crippen molar-refractivity contribution >= 4 is 21.8 Å². The van der Waals surface area contributed by atoms with Gasteiger partial charge in [0.15, 0.2) is 0 Å². The topological polar surface area (TPSA) is 20.3 Å². The monoisotopic (exact) mass is 309 g/mol. The largest absolute Gasteiger partial charge is 0.339 e. The minimum atomic E-state index is 0.209. The van der Waals surface area contributed by atoms with Crippen LogP contribution in [0.15, 0.2) is 24.3 Å². The van der Waals surface area contributed by atoms with Crippen LogP contribution in [0.3, 0.4) is 0 Å². The van der Waals surface area contributed by atoms with E-state index in [-0.39, 0.29) is 5.91 Å². The molecule has 0 saturated carbocycles. The van der Waals surface area contributed by atoms with Crippen molar-refractivity contribution in [2.24, 2.45) is 5.92 Å². The van der Waals surface area contributed by atoms with E-state index in [1.807, 2.05) is 23.1 Å². The van der Waals surface area contributed by atoms with Crippen LogP contribution < -0.4 is 0 Å². The molecule has 18 heavy (non-hydrogen) atoms. The van der Waals surface area contributed by atoms with E-state index in [4.69, 9.17) is 0 Å². The van der Waals surface area contributed by atoms with Gasteiger partial charge >= 0.3 is 0 Å². The fourth-order valence-electron chi connectivity index (χ4n) is 2.50. The highest BCUT2D eigenvalue weighted by atomic mass is 79.9. The van der Waals surface area contributed by atoms with Crippen LogP contribution in [-0.4, -0.2) is 29.2 Å². The summed E-state index contributed by atoms with van der Waals surface area (Å²) in [6, 6.07) is 7.97. The molecule has 1 amide bonds. The van der Waals surface area contributed by atoms with Gasteiger partial charge in [-0.25, -0.2) is 0 Å². The number of rotatable bonds is 3. The second-order valence-corrected chi connectivity index (χ2v) is 5.55. The average Bonchev–Trinajstić information content (AvgIpc) is 2.46. The van der Waals surface area contributed by atoms with Gasteiger partial charge in [-0.2, -0.15) is 0 Å². The third-order valence-corrected chi connectivity index (χ3v) is 4.66. The van der Waals surface area contributed by atoms with Crippen molar-refractivity contribution in [2.75, 3.05) is 18.4 Å². The maximum atomic E-state index is 12.5. The minimum Gasteiger partial charge on any atom is -0.339 e.